The van der Waals surface area contributed by atoms with Gasteiger partial charge in [-0.3, -0.25) is 4.79 Å². The van der Waals surface area contributed by atoms with Gasteiger partial charge in [0, 0.05) is 12.5 Å². The Labute approximate surface area is 191 Å². The van der Waals surface area contributed by atoms with Crippen LogP contribution in [-0.2, 0) is 9.59 Å². The lowest BCUT2D eigenvalue weighted by Crippen LogP contribution is -2.07. The van der Waals surface area contributed by atoms with Gasteiger partial charge in [0.1, 0.15) is 17.2 Å². The zero-order valence-corrected chi connectivity index (χ0v) is 19.2. The summed E-state index contributed by atoms with van der Waals surface area (Å²) in [4.78, 5) is 23.9. The lowest BCUT2D eigenvalue weighted by atomic mass is 10.1. The van der Waals surface area contributed by atoms with Gasteiger partial charge in [-0.05, 0) is 60.9 Å². The molecule has 2 aromatic carbocycles. The van der Waals surface area contributed by atoms with Crippen LogP contribution in [0.5, 0.6) is 17.2 Å². The highest BCUT2D eigenvalue weighted by molar-refractivity contribution is 5.88. The van der Waals surface area contributed by atoms with E-state index in [-0.39, 0.29) is 5.97 Å². The SMILES string of the molecule is CCCCCCC(=O)Oc1ccc(OC(=O)C=Cc2ccc(OCCCCC)cc2)cc1. The summed E-state index contributed by atoms with van der Waals surface area (Å²) in [7, 11) is 0. The van der Waals surface area contributed by atoms with Crippen LogP contribution >= 0.6 is 0 Å². The molecule has 0 aromatic heterocycles. The van der Waals surface area contributed by atoms with Crippen molar-refractivity contribution in [3.05, 3.63) is 60.2 Å². The molecule has 0 heterocycles. The number of rotatable bonds is 14. The van der Waals surface area contributed by atoms with Gasteiger partial charge in [-0.25, -0.2) is 4.79 Å². The van der Waals surface area contributed by atoms with Gasteiger partial charge in [-0.1, -0.05) is 58.1 Å². The number of hydrogen-bond acceptors (Lipinski definition) is 5. The van der Waals surface area contributed by atoms with E-state index in [4.69, 9.17) is 14.2 Å². The summed E-state index contributed by atoms with van der Waals surface area (Å²) in [6.07, 6.45) is 11.0. The Hall–Kier alpha value is -3.08. The lowest BCUT2D eigenvalue weighted by molar-refractivity contribution is -0.134. The fraction of sp³-hybridized carbons (Fsp3) is 0.407. The topological polar surface area (TPSA) is 61.8 Å². The van der Waals surface area contributed by atoms with E-state index >= 15 is 0 Å². The second kappa shape index (κ2) is 14.8. The maximum absolute atomic E-state index is 12.1. The maximum Gasteiger partial charge on any atom is 0.336 e. The van der Waals surface area contributed by atoms with Crippen LogP contribution in [0, 0.1) is 0 Å². The van der Waals surface area contributed by atoms with Crippen LogP contribution in [-0.4, -0.2) is 18.5 Å². The van der Waals surface area contributed by atoms with Gasteiger partial charge in [-0.2, -0.15) is 0 Å². The standard InChI is InChI=1S/C27H34O5/c1-3-5-7-8-10-26(28)31-24-16-18-25(19-17-24)32-27(29)20-13-22-11-14-23(15-12-22)30-21-9-6-4-2/h11-20H,3-10,21H2,1-2H3. The summed E-state index contributed by atoms with van der Waals surface area (Å²) in [5.41, 5.74) is 0.879. The van der Waals surface area contributed by atoms with E-state index in [9.17, 15) is 9.59 Å². The highest BCUT2D eigenvalue weighted by atomic mass is 16.5. The first-order chi connectivity index (χ1) is 15.6. The molecule has 0 aliphatic carbocycles. The van der Waals surface area contributed by atoms with E-state index in [0.717, 1.165) is 49.8 Å². The molecule has 2 rings (SSSR count). The highest BCUT2D eigenvalue weighted by Crippen LogP contribution is 2.19. The molecule has 32 heavy (non-hydrogen) atoms. The summed E-state index contributed by atoms with van der Waals surface area (Å²) < 4.78 is 16.3. The van der Waals surface area contributed by atoms with Crippen LogP contribution in [0.15, 0.2) is 54.6 Å². The second-order valence-corrected chi connectivity index (χ2v) is 7.64. The van der Waals surface area contributed by atoms with E-state index in [1.54, 1.807) is 30.3 Å². The fourth-order valence-corrected chi connectivity index (χ4v) is 2.99. The molecular formula is C27H34O5. The van der Waals surface area contributed by atoms with Crippen LogP contribution in [0.4, 0.5) is 0 Å². The van der Waals surface area contributed by atoms with Gasteiger partial charge in [0.05, 0.1) is 6.61 Å². The number of benzene rings is 2. The predicted molar refractivity (Wildman–Crippen MR) is 127 cm³/mol. The molecule has 0 saturated heterocycles. The molecule has 0 spiro atoms. The maximum atomic E-state index is 12.1. The van der Waals surface area contributed by atoms with Gasteiger partial charge < -0.3 is 14.2 Å². The molecular weight excluding hydrogens is 404 g/mol. The molecule has 0 bridgehead atoms. The zero-order valence-electron chi connectivity index (χ0n) is 19.2. The first kappa shape index (κ1) is 25.2. The van der Waals surface area contributed by atoms with Crippen LogP contribution < -0.4 is 14.2 Å². The third-order valence-corrected chi connectivity index (χ3v) is 4.82. The van der Waals surface area contributed by atoms with Crippen molar-refractivity contribution in [2.75, 3.05) is 6.61 Å². The lowest BCUT2D eigenvalue weighted by Gasteiger charge is -2.06. The Balaban J connectivity index is 1.75. The van der Waals surface area contributed by atoms with E-state index in [1.807, 2.05) is 24.3 Å². The number of hydrogen-bond donors (Lipinski definition) is 0. The van der Waals surface area contributed by atoms with Crippen molar-refractivity contribution in [1.29, 1.82) is 0 Å². The monoisotopic (exact) mass is 438 g/mol. The molecule has 0 N–H and O–H groups in total. The molecule has 0 aliphatic rings. The third kappa shape index (κ3) is 10.3. The summed E-state index contributed by atoms with van der Waals surface area (Å²) in [6, 6.07) is 14.0. The minimum absolute atomic E-state index is 0.244. The van der Waals surface area contributed by atoms with Gasteiger partial charge >= 0.3 is 11.9 Å². The van der Waals surface area contributed by atoms with Crippen molar-refractivity contribution in [3.63, 3.8) is 0 Å². The van der Waals surface area contributed by atoms with E-state index in [2.05, 4.69) is 13.8 Å². The molecule has 5 heteroatoms. The average Bonchev–Trinajstić information content (AvgIpc) is 2.80. The number of carbonyl (C=O) groups is 2. The summed E-state index contributed by atoms with van der Waals surface area (Å²) in [6.45, 7) is 5.01. The first-order valence-corrected chi connectivity index (χ1v) is 11.5. The van der Waals surface area contributed by atoms with Gasteiger partial charge in [0.25, 0.3) is 0 Å². The number of carbonyl (C=O) groups excluding carboxylic acids is 2. The van der Waals surface area contributed by atoms with Crippen molar-refractivity contribution >= 4 is 18.0 Å². The van der Waals surface area contributed by atoms with E-state index < -0.39 is 5.97 Å². The smallest absolute Gasteiger partial charge is 0.336 e. The molecule has 2 aromatic rings. The quantitative estimate of drug-likeness (QED) is 0.141. The van der Waals surface area contributed by atoms with Crippen LogP contribution in [0.1, 0.15) is 70.8 Å². The summed E-state index contributed by atoms with van der Waals surface area (Å²) >= 11 is 0. The van der Waals surface area contributed by atoms with Gasteiger partial charge in [0.2, 0.25) is 0 Å². The summed E-state index contributed by atoms with van der Waals surface area (Å²) in [5.74, 6) is 0.926. The Morgan fingerprint density at radius 2 is 1.31 bits per heavy atom. The zero-order chi connectivity index (χ0) is 23.0. The Morgan fingerprint density at radius 3 is 1.97 bits per heavy atom. The molecule has 0 atom stereocenters. The largest absolute Gasteiger partial charge is 0.494 e. The molecule has 0 radical (unpaired) electrons. The second-order valence-electron chi connectivity index (χ2n) is 7.64. The Morgan fingerprint density at radius 1 is 0.719 bits per heavy atom. The molecule has 0 amide bonds. The van der Waals surface area contributed by atoms with Crippen LogP contribution in [0.25, 0.3) is 6.08 Å². The van der Waals surface area contributed by atoms with Crippen molar-refractivity contribution < 1.29 is 23.8 Å². The molecule has 0 aliphatic heterocycles. The minimum Gasteiger partial charge on any atom is -0.494 e. The third-order valence-electron chi connectivity index (χ3n) is 4.82. The highest BCUT2D eigenvalue weighted by Gasteiger charge is 2.06. The van der Waals surface area contributed by atoms with Crippen molar-refractivity contribution in [1.82, 2.24) is 0 Å². The number of unbranched alkanes of at least 4 members (excludes halogenated alkanes) is 5. The van der Waals surface area contributed by atoms with Crippen molar-refractivity contribution in [3.8, 4) is 17.2 Å². The van der Waals surface area contributed by atoms with Crippen molar-refractivity contribution in [2.24, 2.45) is 0 Å². The summed E-state index contributed by atoms with van der Waals surface area (Å²) in [5, 5.41) is 0. The number of esters is 2. The van der Waals surface area contributed by atoms with Crippen LogP contribution in [0.2, 0.25) is 0 Å². The van der Waals surface area contributed by atoms with Crippen LogP contribution in [0.3, 0.4) is 0 Å². The van der Waals surface area contributed by atoms with Crippen molar-refractivity contribution in [2.45, 2.75) is 65.2 Å². The molecule has 0 unspecified atom stereocenters. The number of ether oxygens (including phenoxy) is 3. The minimum atomic E-state index is -0.481. The normalized spacial score (nSPS) is 10.8. The molecule has 5 nitrogen and oxygen atoms in total. The van der Waals surface area contributed by atoms with Gasteiger partial charge in [-0.15, -0.1) is 0 Å². The van der Waals surface area contributed by atoms with E-state index in [0.29, 0.717) is 24.5 Å². The predicted octanol–water partition coefficient (Wildman–Crippen LogP) is 6.75. The fourth-order valence-electron chi connectivity index (χ4n) is 2.99. The molecule has 172 valence electrons. The van der Waals surface area contributed by atoms with Gasteiger partial charge in [0.15, 0.2) is 0 Å². The first-order valence-electron chi connectivity index (χ1n) is 11.5. The molecule has 0 fully saturated rings. The molecule has 0 saturated carbocycles. The average molecular weight is 439 g/mol. The van der Waals surface area contributed by atoms with E-state index in [1.165, 1.54) is 12.5 Å². The Kier molecular flexibility index (Phi) is 11.7. The Bertz CT molecular complexity index is 837.